The van der Waals surface area contributed by atoms with Crippen LogP contribution in [-0.2, 0) is 12.5 Å². The Morgan fingerprint density at radius 3 is 2.47 bits per heavy atom. The molecule has 5 nitrogen and oxygen atoms in total. The Balaban J connectivity index is 2.48. The summed E-state index contributed by atoms with van der Waals surface area (Å²) in [5, 5.41) is 15.2. The molecule has 5 heteroatoms. The second kappa shape index (κ2) is 4.50. The van der Waals surface area contributed by atoms with E-state index in [9.17, 15) is 10.1 Å². The normalized spacial score (nSPS) is 11.6. The van der Waals surface area contributed by atoms with Gasteiger partial charge in [-0.3, -0.25) is 14.8 Å². The number of nitro benzene ring substituents is 1. The lowest BCUT2D eigenvalue weighted by molar-refractivity contribution is -0.384. The first-order valence-corrected chi connectivity index (χ1v) is 6.08. The second-order valence-corrected chi connectivity index (χ2v) is 5.60. The van der Waals surface area contributed by atoms with E-state index < -0.39 is 4.92 Å². The lowest BCUT2D eigenvalue weighted by Crippen LogP contribution is -2.16. The van der Waals surface area contributed by atoms with Gasteiger partial charge in [0.2, 0.25) is 0 Å². The molecule has 0 bridgehead atoms. The number of rotatable bonds is 2. The molecule has 2 aromatic rings. The predicted octanol–water partition coefficient (Wildman–Crippen LogP) is 3.29. The number of aromatic nitrogens is 2. The highest BCUT2D eigenvalue weighted by Crippen LogP contribution is 2.28. The molecule has 0 aliphatic heterocycles. The van der Waals surface area contributed by atoms with Gasteiger partial charge in [0.25, 0.3) is 5.69 Å². The Hall–Kier alpha value is -2.17. The molecule has 0 aliphatic rings. The maximum absolute atomic E-state index is 10.8. The zero-order valence-electron chi connectivity index (χ0n) is 11.5. The first-order chi connectivity index (χ1) is 8.79. The van der Waals surface area contributed by atoms with E-state index in [1.165, 1.54) is 6.07 Å². The Bertz CT molecular complexity index is 624. The highest BCUT2D eigenvalue weighted by Gasteiger charge is 2.20. The average molecular weight is 259 g/mol. The maximum Gasteiger partial charge on any atom is 0.270 e. The number of hydrogen-bond donors (Lipinski definition) is 0. The van der Waals surface area contributed by atoms with Gasteiger partial charge in [-0.15, -0.1) is 0 Å². The molecule has 0 aliphatic carbocycles. The molecule has 1 heterocycles. The van der Waals surface area contributed by atoms with Gasteiger partial charge in [0.15, 0.2) is 0 Å². The van der Waals surface area contributed by atoms with E-state index in [1.807, 2.05) is 23.9 Å². The summed E-state index contributed by atoms with van der Waals surface area (Å²) in [5.41, 5.74) is 2.69. The lowest BCUT2D eigenvalue weighted by Gasteiger charge is -2.17. The molecule has 19 heavy (non-hydrogen) atoms. The molecule has 0 atom stereocenters. The standard InChI is InChI=1S/C14H17N3O2/c1-14(2,3)13-9-12(15-16(13)4)10-6-5-7-11(8-10)17(18)19/h5-9H,1-4H3. The molecule has 2 rings (SSSR count). The van der Waals surface area contributed by atoms with Crippen LogP contribution in [0.25, 0.3) is 11.3 Å². The van der Waals surface area contributed by atoms with Gasteiger partial charge in [-0.05, 0) is 6.07 Å². The molecule has 1 aromatic carbocycles. The highest BCUT2D eigenvalue weighted by molar-refractivity contribution is 5.63. The third kappa shape index (κ3) is 2.65. The number of nitrogens with zero attached hydrogens (tertiary/aromatic N) is 3. The first-order valence-electron chi connectivity index (χ1n) is 6.08. The number of nitro groups is 1. The van der Waals surface area contributed by atoms with Gasteiger partial charge in [0.05, 0.1) is 10.6 Å². The minimum absolute atomic E-state index is 0.0132. The quantitative estimate of drug-likeness (QED) is 0.614. The van der Waals surface area contributed by atoms with Crippen molar-refractivity contribution < 1.29 is 4.92 Å². The van der Waals surface area contributed by atoms with Gasteiger partial charge in [-0.25, -0.2) is 0 Å². The van der Waals surface area contributed by atoms with Crippen molar-refractivity contribution in [3.63, 3.8) is 0 Å². The van der Waals surface area contributed by atoms with E-state index in [0.29, 0.717) is 0 Å². The minimum atomic E-state index is -0.392. The molecule has 0 amide bonds. The Labute approximate surface area is 112 Å². The van der Waals surface area contributed by atoms with Crippen LogP contribution in [0.4, 0.5) is 5.69 Å². The van der Waals surface area contributed by atoms with E-state index in [2.05, 4.69) is 25.9 Å². The zero-order valence-corrected chi connectivity index (χ0v) is 11.5. The lowest BCUT2D eigenvalue weighted by atomic mass is 9.91. The average Bonchev–Trinajstić information content (AvgIpc) is 2.71. The van der Waals surface area contributed by atoms with Crippen LogP contribution >= 0.6 is 0 Å². The van der Waals surface area contributed by atoms with Gasteiger partial charge in [-0.2, -0.15) is 5.10 Å². The monoisotopic (exact) mass is 259 g/mol. The summed E-state index contributed by atoms with van der Waals surface area (Å²) < 4.78 is 1.83. The summed E-state index contributed by atoms with van der Waals surface area (Å²) in [7, 11) is 1.89. The Morgan fingerprint density at radius 1 is 1.26 bits per heavy atom. The van der Waals surface area contributed by atoms with Crippen LogP contribution in [0, 0.1) is 10.1 Å². The summed E-state index contributed by atoms with van der Waals surface area (Å²) in [5.74, 6) is 0. The SMILES string of the molecule is Cn1nc(-c2cccc([N+](=O)[O-])c2)cc1C(C)(C)C. The van der Waals surface area contributed by atoms with Gasteiger partial charge in [0, 0.05) is 35.9 Å². The third-order valence-corrected chi connectivity index (χ3v) is 3.00. The van der Waals surface area contributed by atoms with E-state index >= 15 is 0 Å². The van der Waals surface area contributed by atoms with Crippen molar-refractivity contribution in [2.75, 3.05) is 0 Å². The van der Waals surface area contributed by atoms with E-state index in [1.54, 1.807) is 12.1 Å². The molecule has 100 valence electrons. The van der Waals surface area contributed by atoms with Gasteiger partial charge >= 0.3 is 0 Å². The Morgan fingerprint density at radius 2 is 1.95 bits per heavy atom. The molecule has 0 N–H and O–H groups in total. The molecular formula is C14H17N3O2. The van der Waals surface area contributed by atoms with Gasteiger partial charge < -0.3 is 0 Å². The molecule has 1 aromatic heterocycles. The fourth-order valence-electron chi connectivity index (χ4n) is 2.09. The fourth-order valence-corrected chi connectivity index (χ4v) is 2.09. The molecular weight excluding hydrogens is 242 g/mol. The summed E-state index contributed by atoms with van der Waals surface area (Å²) in [6, 6.07) is 8.53. The van der Waals surface area contributed by atoms with Crippen molar-refractivity contribution in [2.45, 2.75) is 26.2 Å². The third-order valence-electron chi connectivity index (χ3n) is 3.00. The van der Waals surface area contributed by atoms with E-state index in [-0.39, 0.29) is 11.1 Å². The van der Waals surface area contributed by atoms with E-state index in [4.69, 9.17) is 0 Å². The predicted molar refractivity (Wildman–Crippen MR) is 74.0 cm³/mol. The van der Waals surface area contributed by atoms with E-state index in [0.717, 1.165) is 17.0 Å². The smallest absolute Gasteiger partial charge is 0.270 e. The largest absolute Gasteiger partial charge is 0.272 e. The van der Waals surface area contributed by atoms with Crippen molar-refractivity contribution >= 4 is 5.69 Å². The minimum Gasteiger partial charge on any atom is -0.272 e. The maximum atomic E-state index is 10.8. The second-order valence-electron chi connectivity index (χ2n) is 5.60. The van der Waals surface area contributed by atoms with Gasteiger partial charge in [0.1, 0.15) is 0 Å². The summed E-state index contributed by atoms with van der Waals surface area (Å²) in [6.45, 7) is 6.34. The molecule has 0 saturated carbocycles. The van der Waals surface area contributed by atoms with Crippen LogP contribution in [0.2, 0.25) is 0 Å². The van der Waals surface area contributed by atoms with Crippen LogP contribution in [0.15, 0.2) is 30.3 Å². The highest BCUT2D eigenvalue weighted by atomic mass is 16.6. The topological polar surface area (TPSA) is 61.0 Å². The van der Waals surface area contributed by atoms with Gasteiger partial charge in [-0.1, -0.05) is 32.9 Å². The van der Waals surface area contributed by atoms with Crippen LogP contribution in [0.3, 0.4) is 0 Å². The summed E-state index contributed by atoms with van der Waals surface area (Å²) in [6.07, 6.45) is 0. The van der Waals surface area contributed by atoms with Crippen LogP contribution < -0.4 is 0 Å². The van der Waals surface area contributed by atoms with Crippen molar-refractivity contribution in [3.8, 4) is 11.3 Å². The number of benzene rings is 1. The fraction of sp³-hybridized carbons (Fsp3) is 0.357. The van der Waals surface area contributed by atoms with Crippen LogP contribution in [0.5, 0.6) is 0 Å². The zero-order chi connectivity index (χ0) is 14.2. The molecule has 0 unspecified atom stereocenters. The van der Waals surface area contributed by atoms with Crippen LogP contribution in [-0.4, -0.2) is 14.7 Å². The number of hydrogen-bond acceptors (Lipinski definition) is 3. The van der Waals surface area contributed by atoms with Crippen LogP contribution in [0.1, 0.15) is 26.5 Å². The molecule has 0 fully saturated rings. The molecule has 0 saturated heterocycles. The number of aryl methyl sites for hydroxylation is 1. The number of non-ortho nitro benzene ring substituents is 1. The first kappa shape index (κ1) is 13.3. The molecule has 0 radical (unpaired) electrons. The Kier molecular flexibility index (Phi) is 3.14. The van der Waals surface area contributed by atoms with Crippen molar-refractivity contribution in [1.82, 2.24) is 9.78 Å². The van der Waals surface area contributed by atoms with Crippen molar-refractivity contribution in [3.05, 3.63) is 46.1 Å². The molecule has 0 spiro atoms. The summed E-state index contributed by atoms with van der Waals surface area (Å²) >= 11 is 0. The van der Waals surface area contributed by atoms with Crippen molar-refractivity contribution in [2.24, 2.45) is 7.05 Å². The summed E-state index contributed by atoms with van der Waals surface area (Å²) in [4.78, 5) is 10.4. The van der Waals surface area contributed by atoms with Crippen molar-refractivity contribution in [1.29, 1.82) is 0 Å².